The smallest absolute Gasteiger partial charge is 0.311 e. The fourth-order valence-electron chi connectivity index (χ4n) is 2.06. The molecule has 1 aromatic heterocycles. The molecular formula is C13H19N3O3S. The van der Waals surface area contributed by atoms with Gasteiger partial charge in [0.2, 0.25) is 5.91 Å². The highest BCUT2D eigenvalue weighted by molar-refractivity contribution is 7.13. The Balaban J connectivity index is 1.77. The standard InChI is InChI=1S/C13H19N3O3S/c1-2-19-12(18)7-10-9-20-13(15-10)14-8-11(17)16-5-3-4-6-16/h9H,2-8H2,1H3,(H,14,15). The summed E-state index contributed by atoms with van der Waals surface area (Å²) in [6.07, 6.45) is 2.35. The molecule has 0 radical (unpaired) electrons. The number of amides is 1. The molecule has 1 aliphatic heterocycles. The number of likely N-dealkylation sites (tertiary alicyclic amines) is 1. The molecule has 7 heteroatoms. The predicted molar refractivity (Wildman–Crippen MR) is 76.8 cm³/mol. The quantitative estimate of drug-likeness (QED) is 0.801. The van der Waals surface area contributed by atoms with Gasteiger partial charge in [0.05, 0.1) is 25.3 Å². The van der Waals surface area contributed by atoms with Crippen molar-refractivity contribution in [2.45, 2.75) is 26.2 Å². The van der Waals surface area contributed by atoms with Gasteiger partial charge in [-0.1, -0.05) is 0 Å². The van der Waals surface area contributed by atoms with Gasteiger partial charge in [-0.3, -0.25) is 9.59 Å². The minimum atomic E-state index is -0.280. The van der Waals surface area contributed by atoms with Gasteiger partial charge in [-0.2, -0.15) is 0 Å². The number of ether oxygens (including phenoxy) is 1. The number of aromatic nitrogens is 1. The van der Waals surface area contributed by atoms with Gasteiger partial charge in [-0.05, 0) is 19.8 Å². The van der Waals surface area contributed by atoms with Crippen molar-refractivity contribution in [2.75, 3.05) is 31.6 Å². The molecule has 20 heavy (non-hydrogen) atoms. The topological polar surface area (TPSA) is 71.5 Å². The third kappa shape index (κ3) is 4.19. The van der Waals surface area contributed by atoms with Gasteiger partial charge >= 0.3 is 5.97 Å². The second kappa shape index (κ2) is 7.23. The number of esters is 1. The number of anilines is 1. The third-order valence-electron chi connectivity index (χ3n) is 3.03. The van der Waals surface area contributed by atoms with Crippen LogP contribution in [-0.2, 0) is 20.7 Å². The van der Waals surface area contributed by atoms with Crippen LogP contribution in [0.25, 0.3) is 0 Å². The molecule has 0 unspecified atom stereocenters. The molecular weight excluding hydrogens is 278 g/mol. The predicted octanol–water partition coefficient (Wildman–Crippen LogP) is 1.28. The summed E-state index contributed by atoms with van der Waals surface area (Å²) in [7, 11) is 0. The lowest BCUT2D eigenvalue weighted by molar-refractivity contribution is -0.142. The first-order chi connectivity index (χ1) is 9.69. The molecule has 1 aromatic rings. The molecule has 1 N–H and O–H groups in total. The zero-order valence-electron chi connectivity index (χ0n) is 11.6. The Hall–Kier alpha value is -1.63. The zero-order chi connectivity index (χ0) is 14.4. The van der Waals surface area contributed by atoms with Gasteiger partial charge in [0.25, 0.3) is 0 Å². The van der Waals surface area contributed by atoms with Crippen molar-refractivity contribution in [3.05, 3.63) is 11.1 Å². The fourth-order valence-corrected chi connectivity index (χ4v) is 2.77. The molecule has 110 valence electrons. The maximum absolute atomic E-state index is 11.9. The van der Waals surface area contributed by atoms with Crippen molar-refractivity contribution in [1.29, 1.82) is 0 Å². The van der Waals surface area contributed by atoms with Crippen LogP contribution < -0.4 is 5.32 Å². The SMILES string of the molecule is CCOC(=O)Cc1csc(NCC(=O)N2CCCC2)n1. The van der Waals surface area contributed by atoms with Crippen LogP contribution >= 0.6 is 11.3 Å². The Labute approximate surface area is 122 Å². The maximum Gasteiger partial charge on any atom is 0.311 e. The Morgan fingerprint density at radius 2 is 2.20 bits per heavy atom. The lowest BCUT2D eigenvalue weighted by Crippen LogP contribution is -2.32. The molecule has 1 fully saturated rings. The number of nitrogens with zero attached hydrogens (tertiary/aromatic N) is 2. The summed E-state index contributed by atoms with van der Waals surface area (Å²) >= 11 is 1.39. The van der Waals surface area contributed by atoms with Crippen LogP contribution in [0.15, 0.2) is 5.38 Å². The molecule has 0 bridgehead atoms. The molecule has 1 aliphatic rings. The number of hydrogen-bond donors (Lipinski definition) is 1. The summed E-state index contributed by atoms with van der Waals surface area (Å²) in [5, 5.41) is 5.48. The lowest BCUT2D eigenvalue weighted by atomic mass is 10.3. The Morgan fingerprint density at radius 1 is 1.45 bits per heavy atom. The van der Waals surface area contributed by atoms with E-state index in [1.54, 1.807) is 12.3 Å². The number of hydrogen-bond acceptors (Lipinski definition) is 6. The van der Waals surface area contributed by atoms with E-state index in [0.29, 0.717) is 17.4 Å². The molecule has 0 aromatic carbocycles. The Kier molecular flexibility index (Phi) is 5.34. The summed E-state index contributed by atoms with van der Waals surface area (Å²) < 4.78 is 4.87. The fraction of sp³-hybridized carbons (Fsp3) is 0.615. The van der Waals surface area contributed by atoms with E-state index in [9.17, 15) is 9.59 Å². The van der Waals surface area contributed by atoms with Crippen molar-refractivity contribution >= 4 is 28.3 Å². The minimum absolute atomic E-state index is 0.102. The molecule has 0 aliphatic carbocycles. The Bertz CT molecular complexity index is 469. The molecule has 2 heterocycles. The number of thiazole rings is 1. The normalized spacial score (nSPS) is 14.3. The van der Waals surface area contributed by atoms with Gasteiger partial charge in [0, 0.05) is 18.5 Å². The Morgan fingerprint density at radius 3 is 2.90 bits per heavy atom. The zero-order valence-corrected chi connectivity index (χ0v) is 12.4. The molecule has 6 nitrogen and oxygen atoms in total. The third-order valence-corrected chi connectivity index (χ3v) is 3.88. The summed E-state index contributed by atoms with van der Waals surface area (Å²) in [6, 6.07) is 0. The highest BCUT2D eigenvalue weighted by Gasteiger charge is 2.17. The number of rotatable bonds is 6. The van der Waals surface area contributed by atoms with Crippen molar-refractivity contribution in [3.8, 4) is 0 Å². The van der Waals surface area contributed by atoms with E-state index in [2.05, 4.69) is 10.3 Å². The maximum atomic E-state index is 11.9. The first kappa shape index (κ1) is 14.8. The average Bonchev–Trinajstić information content (AvgIpc) is 3.07. The second-order valence-corrected chi connectivity index (χ2v) is 5.43. The molecule has 0 saturated carbocycles. The minimum Gasteiger partial charge on any atom is -0.466 e. The first-order valence-corrected chi connectivity index (χ1v) is 7.68. The largest absolute Gasteiger partial charge is 0.466 e. The highest BCUT2D eigenvalue weighted by Crippen LogP contribution is 2.16. The van der Waals surface area contributed by atoms with E-state index in [4.69, 9.17) is 4.74 Å². The van der Waals surface area contributed by atoms with Crippen LogP contribution in [0.3, 0.4) is 0 Å². The highest BCUT2D eigenvalue weighted by atomic mass is 32.1. The van der Waals surface area contributed by atoms with Crippen LogP contribution in [0.5, 0.6) is 0 Å². The molecule has 0 spiro atoms. The van der Waals surface area contributed by atoms with Gasteiger partial charge in [0.15, 0.2) is 5.13 Å². The molecule has 2 rings (SSSR count). The number of nitrogens with one attached hydrogen (secondary N) is 1. The van der Waals surface area contributed by atoms with Crippen molar-refractivity contribution in [2.24, 2.45) is 0 Å². The van der Waals surface area contributed by atoms with Crippen molar-refractivity contribution < 1.29 is 14.3 Å². The summed E-state index contributed by atoms with van der Waals surface area (Å²) in [5.41, 5.74) is 0.671. The molecule has 0 atom stereocenters. The monoisotopic (exact) mass is 297 g/mol. The van der Waals surface area contributed by atoms with Crippen molar-refractivity contribution in [3.63, 3.8) is 0 Å². The van der Waals surface area contributed by atoms with E-state index in [0.717, 1.165) is 25.9 Å². The van der Waals surface area contributed by atoms with Crippen LogP contribution in [0.2, 0.25) is 0 Å². The van der Waals surface area contributed by atoms with Gasteiger partial charge in [0.1, 0.15) is 0 Å². The average molecular weight is 297 g/mol. The van der Waals surface area contributed by atoms with Gasteiger partial charge < -0.3 is 15.0 Å². The molecule has 1 saturated heterocycles. The summed E-state index contributed by atoms with van der Waals surface area (Å²) in [5.74, 6) is -0.179. The van der Waals surface area contributed by atoms with E-state index in [1.807, 2.05) is 4.90 Å². The summed E-state index contributed by atoms with van der Waals surface area (Å²) in [6.45, 7) is 4.11. The van der Waals surface area contributed by atoms with Crippen LogP contribution in [0.1, 0.15) is 25.5 Å². The van der Waals surface area contributed by atoms with Crippen LogP contribution in [0, 0.1) is 0 Å². The van der Waals surface area contributed by atoms with E-state index < -0.39 is 0 Å². The van der Waals surface area contributed by atoms with E-state index in [1.165, 1.54) is 11.3 Å². The number of carbonyl (C=O) groups excluding carboxylic acids is 2. The van der Waals surface area contributed by atoms with Crippen LogP contribution in [0.4, 0.5) is 5.13 Å². The first-order valence-electron chi connectivity index (χ1n) is 6.80. The summed E-state index contributed by atoms with van der Waals surface area (Å²) in [4.78, 5) is 29.3. The van der Waals surface area contributed by atoms with Gasteiger partial charge in [-0.25, -0.2) is 4.98 Å². The number of carbonyl (C=O) groups is 2. The van der Waals surface area contributed by atoms with Crippen LogP contribution in [-0.4, -0.2) is 48.0 Å². The lowest BCUT2D eigenvalue weighted by Gasteiger charge is -2.14. The van der Waals surface area contributed by atoms with Crippen molar-refractivity contribution in [1.82, 2.24) is 9.88 Å². The van der Waals surface area contributed by atoms with Gasteiger partial charge in [-0.15, -0.1) is 11.3 Å². The van der Waals surface area contributed by atoms with E-state index >= 15 is 0 Å². The van der Waals surface area contributed by atoms with E-state index in [-0.39, 0.29) is 24.8 Å². The second-order valence-electron chi connectivity index (χ2n) is 4.57. The molecule has 1 amide bonds.